The molecule has 0 unspecified atom stereocenters. The van der Waals surface area contributed by atoms with E-state index in [0.717, 1.165) is 37.1 Å². The van der Waals surface area contributed by atoms with Crippen LogP contribution in [0.4, 0.5) is 0 Å². The van der Waals surface area contributed by atoms with Crippen LogP contribution in [-0.4, -0.2) is 23.2 Å². The molecule has 1 aliphatic rings. The molecule has 1 heterocycles. The average molecular weight is 264 g/mol. The largest absolute Gasteiger partial charge is 0.370 e. The van der Waals surface area contributed by atoms with Crippen molar-refractivity contribution >= 4 is 5.91 Å². The first-order chi connectivity index (χ1) is 9.17. The minimum atomic E-state index is -0.0958. The number of carbonyl (C=O) groups excluding carboxylic acids is 1. The summed E-state index contributed by atoms with van der Waals surface area (Å²) in [5, 5.41) is 6.75. The van der Waals surface area contributed by atoms with Gasteiger partial charge in [0.05, 0.1) is 11.8 Å². The lowest BCUT2D eigenvalue weighted by Gasteiger charge is -2.28. The number of hydrogen-bond donors (Lipinski definition) is 1. The summed E-state index contributed by atoms with van der Waals surface area (Å²) in [6, 6.07) is 2.13. The zero-order chi connectivity index (χ0) is 13.7. The van der Waals surface area contributed by atoms with Crippen molar-refractivity contribution in [2.75, 3.05) is 0 Å². The molecule has 1 N–H and O–H groups in total. The number of carbonyl (C=O) groups is 1. The number of rotatable bonds is 5. The first kappa shape index (κ1) is 13.8. The van der Waals surface area contributed by atoms with E-state index in [-0.39, 0.29) is 18.1 Å². The molecule has 2 rings (SSSR count). The van der Waals surface area contributed by atoms with E-state index in [1.807, 2.05) is 13.0 Å². The van der Waals surface area contributed by atoms with Gasteiger partial charge in [0.15, 0.2) is 5.76 Å². The second-order valence-electron chi connectivity index (χ2n) is 4.93. The van der Waals surface area contributed by atoms with E-state index in [2.05, 4.69) is 17.1 Å². The number of ether oxygens (including phenoxy) is 1. The second-order valence-corrected chi connectivity index (χ2v) is 4.93. The maximum Gasteiger partial charge on any atom is 0.243 e. The molecule has 5 heteroatoms. The molecular weight excluding hydrogens is 244 g/mol. The fraction of sp³-hybridized carbons (Fsp3) is 0.571. The fourth-order valence-electron chi connectivity index (χ4n) is 2.32. The molecule has 1 aromatic rings. The van der Waals surface area contributed by atoms with Gasteiger partial charge in [0.25, 0.3) is 0 Å². The van der Waals surface area contributed by atoms with Gasteiger partial charge in [-0.3, -0.25) is 4.79 Å². The van der Waals surface area contributed by atoms with Crippen LogP contribution < -0.4 is 5.32 Å². The van der Waals surface area contributed by atoms with Crippen molar-refractivity contribution in [1.29, 1.82) is 0 Å². The summed E-state index contributed by atoms with van der Waals surface area (Å²) >= 11 is 0. The van der Waals surface area contributed by atoms with Crippen LogP contribution in [0.25, 0.3) is 0 Å². The summed E-state index contributed by atoms with van der Waals surface area (Å²) in [6.07, 6.45) is 5.35. The highest BCUT2D eigenvalue weighted by atomic mass is 16.5. The van der Waals surface area contributed by atoms with Crippen LogP contribution >= 0.6 is 0 Å². The Bertz CT molecular complexity index is 434. The average Bonchev–Trinajstić information content (AvgIpc) is 2.83. The fourth-order valence-corrected chi connectivity index (χ4v) is 2.32. The van der Waals surface area contributed by atoms with E-state index < -0.39 is 0 Å². The van der Waals surface area contributed by atoms with E-state index in [1.165, 1.54) is 6.08 Å². The van der Waals surface area contributed by atoms with Crippen molar-refractivity contribution < 1.29 is 14.1 Å². The van der Waals surface area contributed by atoms with E-state index in [9.17, 15) is 4.79 Å². The highest BCUT2D eigenvalue weighted by Gasteiger charge is 2.22. The van der Waals surface area contributed by atoms with Crippen LogP contribution in [-0.2, 0) is 16.1 Å². The van der Waals surface area contributed by atoms with Gasteiger partial charge in [-0.05, 0) is 38.7 Å². The standard InChI is InChI=1S/C14H20N2O3/c1-3-14(17)15-11-4-6-12(7-5-11)18-9-13-8-10(2)16-19-13/h3,8,11-12H,1,4-7,9H2,2H3,(H,15,17). The predicted molar refractivity (Wildman–Crippen MR) is 70.4 cm³/mol. The van der Waals surface area contributed by atoms with Gasteiger partial charge in [0.2, 0.25) is 5.91 Å². The van der Waals surface area contributed by atoms with Crippen molar-refractivity contribution in [1.82, 2.24) is 10.5 Å². The maximum atomic E-state index is 11.2. The first-order valence-electron chi connectivity index (χ1n) is 6.64. The van der Waals surface area contributed by atoms with E-state index in [0.29, 0.717) is 6.61 Å². The van der Waals surface area contributed by atoms with Gasteiger partial charge in [-0.1, -0.05) is 11.7 Å². The zero-order valence-electron chi connectivity index (χ0n) is 11.2. The SMILES string of the molecule is C=CC(=O)NC1CCC(OCc2cc(C)no2)CC1. The lowest BCUT2D eigenvalue weighted by molar-refractivity contribution is -0.117. The van der Waals surface area contributed by atoms with Crippen molar-refractivity contribution in [2.45, 2.75) is 51.4 Å². The van der Waals surface area contributed by atoms with Gasteiger partial charge in [-0.2, -0.15) is 0 Å². The molecule has 1 fully saturated rings. The highest BCUT2D eigenvalue weighted by molar-refractivity contribution is 5.87. The summed E-state index contributed by atoms with van der Waals surface area (Å²) in [5.41, 5.74) is 0.870. The van der Waals surface area contributed by atoms with Gasteiger partial charge in [-0.25, -0.2) is 0 Å². The van der Waals surface area contributed by atoms with Crippen LogP contribution in [0.3, 0.4) is 0 Å². The molecule has 0 atom stereocenters. The van der Waals surface area contributed by atoms with Crippen molar-refractivity contribution in [3.8, 4) is 0 Å². The third kappa shape index (κ3) is 4.21. The number of nitrogens with zero attached hydrogens (tertiary/aromatic N) is 1. The molecule has 1 aromatic heterocycles. The molecule has 104 valence electrons. The normalized spacial score (nSPS) is 23.0. The summed E-state index contributed by atoms with van der Waals surface area (Å²) < 4.78 is 10.9. The van der Waals surface area contributed by atoms with E-state index in [1.54, 1.807) is 0 Å². The summed E-state index contributed by atoms with van der Waals surface area (Å²) in [4.78, 5) is 11.2. The molecule has 19 heavy (non-hydrogen) atoms. The smallest absolute Gasteiger partial charge is 0.243 e. The zero-order valence-corrected chi connectivity index (χ0v) is 11.2. The Morgan fingerprint density at radius 2 is 2.32 bits per heavy atom. The minimum absolute atomic E-state index is 0.0958. The molecule has 0 bridgehead atoms. The first-order valence-corrected chi connectivity index (χ1v) is 6.64. The Morgan fingerprint density at radius 3 is 2.89 bits per heavy atom. The minimum Gasteiger partial charge on any atom is -0.370 e. The molecule has 1 amide bonds. The Morgan fingerprint density at radius 1 is 1.58 bits per heavy atom. The van der Waals surface area contributed by atoms with Crippen LogP contribution in [0.5, 0.6) is 0 Å². The number of hydrogen-bond acceptors (Lipinski definition) is 4. The van der Waals surface area contributed by atoms with Gasteiger partial charge in [0.1, 0.15) is 6.61 Å². The number of amides is 1. The monoisotopic (exact) mass is 264 g/mol. The van der Waals surface area contributed by atoms with Gasteiger partial charge < -0.3 is 14.6 Å². The van der Waals surface area contributed by atoms with Gasteiger partial charge in [-0.15, -0.1) is 0 Å². The Hall–Kier alpha value is -1.62. The topological polar surface area (TPSA) is 64.4 Å². The lowest BCUT2D eigenvalue weighted by atomic mass is 9.93. The Labute approximate surface area is 113 Å². The van der Waals surface area contributed by atoms with Gasteiger partial charge in [0, 0.05) is 12.1 Å². The molecule has 0 aliphatic heterocycles. The quantitative estimate of drug-likeness (QED) is 0.827. The third-order valence-electron chi connectivity index (χ3n) is 3.34. The van der Waals surface area contributed by atoms with Crippen LogP contribution in [0, 0.1) is 6.92 Å². The van der Waals surface area contributed by atoms with Crippen molar-refractivity contribution in [3.05, 3.63) is 30.2 Å². The maximum absolute atomic E-state index is 11.2. The third-order valence-corrected chi connectivity index (χ3v) is 3.34. The second kappa shape index (κ2) is 6.52. The van der Waals surface area contributed by atoms with Gasteiger partial charge >= 0.3 is 0 Å². The molecule has 0 radical (unpaired) electrons. The molecule has 1 aliphatic carbocycles. The van der Waals surface area contributed by atoms with Crippen molar-refractivity contribution in [3.63, 3.8) is 0 Å². The summed E-state index contributed by atoms with van der Waals surface area (Å²) in [7, 11) is 0. The molecule has 0 saturated heterocycles. The number of aryl methyl sites for hydroxylation is 1. The van der Waals surface area contributed by atoms with Crippen LogP contribution in [0.15, 0.2) is 23.2 Å². The summed E-state index contributed by atoms with van der Waals surface area (Å²) in [6.45, 7) is 5.81. The van der Waals surface area contributed by atoms with E-state index >= 15 is 0 Å². The molecule has 1 saturated carbocycles. The molecule has 0 spiro atoms. The molecular formula is C14H20N2O3. The number of aromatic nitrogens is 1. The van der Waals surface area contributed by atoms with Crippen LogP contribution in [0.1, 0.15) is 37.1 Å². The van der Waals surface area contributed by atoms with E-state index in [4.69, 9.17) is 9.26 Å². The molecule has 5 nitrogen and oxygen atoms in total. The Kier molecular flexibility index (Phi) is 4.74. The predicted octanol–water partition coefficient (Wildman–Crippen LogP) is 2.11. The van der Waals surface area contributed by atoms with Crippen LogP contribution in [0.2, 0.25) is 0 Å². The lowest BCUT2D eigenvalue weighted by Crippen LogP contribution is -2.38. The number of nitrogens with one attached hydrogen (secondary N) is 1. The summed E-state index contributed by atoms with van der Waals surface area (Å²) in [5.74, 6) is 0.668. The van der Waals surface area contributed by atoms with Crippen molar-refractivity contribution in [2.24, 2.45) is 0 Å². The Balaban J connectivity index is 1.68. The molecule has 0 aromatic carbocycles. The highest BCUT2D eigenvalue weighted by Crippen LogP contribution is 2.22.